The molecule has 3 rings (SSSR count). The van der Waals surface area contributed by atoms with Crippen LogP contribution in [0.2, 0.25) is 0 Å². The minimum Gasteiger partial charge on any atom is -0.393 e. The molecule has 24 heavy (non-hydrogen) atoms. The van der Waals surface area contributed by atoms with Gasteiger partial charge in [-0.2, -0.15) is 5.10 Å². The van der Waals surface area contributed by atoms with Crippen molar-refractivity contribution in [2.45, 2.75) is 49.8 Å². The summed E-state index contributed by atoms with van der Waals surface area (Å²) in [5.41, 5.74) is 1.08. The standard InChI is InChI=1S/C17H23N3O3S/c1-2-20-12-16(11-18-20)24(22,23)19-17(14-9-15(21)10-14)8-13-6-4-3-5-7-13/h3-7,11-12,14-15,17,19,21H,2,8-10H2,1H3/t14?,15?,17-/m1/s1. The number of sulfonamides is 1. The summed E-state index contributed by atoms with van der Waals surface area (Å²) in [5, 5.41) is 13.6. The lowest BCUT2D eigenvalue weighted by atomic mass is 9.76. The number of benzene rings is 1. The van der Waals surface area contributed by atoms with Gasteiger partial charge >= 0.3 is 0 Å². The van der Waals surface area contributed by atoms with E-state index in [1.807, 2.05) is 37.3 Å². The summed E-state index contributed by atoms with van der Waals surface area (Å²) in [6.07, 6.45) is 4.47. The quantitative estimate of drug-likeness (QED) is 0.795. The normalized spacial score (nSPS) is 22.1. The Morgan fingerprint density at radius 1 is 1.33 bits per heavy atom. The molecule has 1 saturated carbocycles. The summed E-state index contributed by atoms with van der Waals surface area (Å²) in [6.45, 7) is 2.53. The van der Waals surface area contributed by atoms with Crippen LogP contribution < -0.4 is 4.72 Å². The van der Waals surface area contributed by atoms with Crippen LogP contribution in [0.4, 0.5) is 0 Å². The number of aliphatic hydroxyl groups excluding tert-OH is 1. The van der Waals surface area contributed by atoms with Gasteiger partial charge in [-0.1, -0.05) is 30.3 Å². The van der Waals surface area contributed by atoms with Crippen LogP contribution in [0.1, 0.15) is 25.3 Å². The SMILES string of the molecule is CCn1cc(S(=O)(=O)N[C@H](Cc2ccccc2)C2CC(O)C2)cn1. The zero-order valence-corrected chi connectivity index (χ0v) is 14.5. The molecular weight excluding hydrogens is 326 g/mol. The Balaban J connectivity index is 1.77. The number of hydrogen-bond donors (Lipinski definition) is 2. The van der Waals surface area contributed by atoms with Gasteiger partial charge in [0.1, 0.15) is 4.90 Å². The molecule has 2 aromatic rings. The van der Waals surface area contributed by atoms with Crippen molar-refractivity contribution < 1.29 is 13.5 Å². The number of hydrogen-bond acceptors (Lipinski definition) is 4. The second kappa shape index (κ2) is 7.04. The molecular formula is C17H23N3O3S. The van der Waals surface area contributed by atoms with Crippen molar-refractivity contribution in [1.82, 2.24) is 14.5 Å². The fourth-order valence-electron chi connectivity index (χ4n) is 3.05. The summed E-state index contributed by atoms with van der Waals surface area (Å²) in [6, 6.07) is 9.58. The van der Waals surface area contributed by atoms with Gasteiger partial charge in [0, 0.05) is 18.8 Å². The summed E-state index contributed by atoms with van der Waals surface area (Å²) in [5.74, 6) is 0.149. The molecule has 1 aliphatic rings. The Kier molecular flexibility index (Phi) is 5.03. The monoisotopic (exact) mass is 349 g/mol. The maximum absolute atomic E-state index is 12.7. The average Bonchev–Trinajstić information content (AvgIpc) is 3.02. The molecule has 1 aromatic heterocycles. The Morgan fingerprint density at radius 3 is 2.62 bits per heavy atom. The third kappa shape index (κ3) is 3.85. The van der Waals surface area contributed by atoms with Gasteiger partial charge in [-0.25, -0.2) is 13.1 Å². The van der Waals surface area contributed by atoms with Crippen molar-refractivity contribution >= 4 is 10.0 Å². The molecule has 0 amide bonds. The highest BCUT2D eigenvalue weighted by Crippen LogP contribution is 2.32. The number of rotatable bonds is 7. The third-order valence-corrected chi connectivity index (χ3v) is 6.01. The van der Waals surface area contributed by atoms with Crippen LogP contribution in [-0.2, 0) is 23.0 Å². The Hall–Kier alpha value is -1.70. The first-order valence-electron chi connectivity index (χ1n) is 8.24. The summed E-state index contributed by atoms with van der Waals surface area (Å²) in [4.78, 5) is 0.183. The van der Waals surface area contributed by atoms with E-state index in [9.17, 15) is 13.5 Å². The van der Waals surface area contributed by atoms with Crippen LogP contribution in [0.5, 0.6) is 0 Å². The van der Waals surface area contributed by atoms with Crippen molar-refractivity contribution in [3.8, 4) is 0 Å². The topological polar surface area (TPSA) is 84.2 Å². The summed E-state index contributed by atoms with van der Waals surface area (Å²) in [7, 11) is -3.62. The summed E-state index contributed by atoms with van der Waals surface area (Å²) >= 11 is 0. The van der Waals surface area contributed by atoms with E-state index in [1.54, 1.807) is 4.68 Å². The van der Waals surface area contributed by atoms with Crippen molar-refractivity contribution in [2.75, 3.05) is 0 Å². The molecule has 0 unspecified atom stereocenters. The van der Waals surface area contributed by atoms with E-state index in [-0.39, 0.29) is 23.0 Å². The van der Waals surface area contributed by atoms with E-state index in [1.165, 1.54) is 12.4 Å². The van der Waals surface area contributed by atoms with Gasteiger partial charge in [0.25, 0.3) is 0 Å². The second-order valence-corrected chi connectivity index (χ2v) is 8.05. The first kappa shape index (κ1) is 17.1. The van der Waals surface area contributed by atoms with Gasteiger partial charge in [0.05, 0.1) is 12.3 Å². The molecule has 0 aliphatic heterocycles. The lowest BCUT2D eigenvalue weighted by molar-refractivity contribution is 0.0283. The zero-order valence-electron chi connectivity index (χ0n) is 13.7. The lowest BCUT2D eigenvalue weighted by Crippen LogP contribution is -2.48. The molecule has 1 aromatic carbocycles. The van der Waals surface area contributed by atoms with Gasteiger partial charge in [0.15, 0.2) is 0 Å². The highest BCUT2D eigenvalue weighted by atomic mass is 32.2. The lowest BCUT2D eigenvalue weighted by Gasteiger charge is -2.38. The minimum atomic E-state index is -3.62. The molecule has 1 aliphatic carbocycles. The first-order chi connectivity index (χ1) is 11.5. The third-order valence-electron chi connectivity index (χ3n) is 4.57. The number of aromatic nitrogens is 2. The van der Waals surface area contributed by atoms with Crippen LogP contribution in [0.25, 0.3) is 0 Å². The van der Waals surface area contributed by atoms with Crippen LogP contribution >= 0.6 is 0 Å². The molecule has 0 saturated heterocycles. The van der Waals surface area contributed by atoms with Gasteiger partial charge in [0.2, 0.25) is 10.0 Å². The van der Waals surface area contributed by atoms with Gasteiger partial charge in [-0.05, 0) is 37.7 Å². The molecule has 130 valence electrons. The molecule has 2 N–H and O–H groups in total. The molecule has 0 spiro atoms. The van der Waals surface area contributed by atoms with E-state index in [0.29, 0.717) is 25.8 Å². The van der Waals surface area contributed by atoms with E-state index < -0.39 is 10.0 Å². The van der Waals surface area contributed by atoms with Crippen molar-refractivity contribution in [3.63, 3.8) is 0 Å². The largest absolute Gasteiger partial charge is 0.393 e. The van der Waals surface area contributed by atoms with E-state index in [0.717, 1.165) is 5.56 Å². The smallest absolute Gasteiger partial charge is 0.243 e. The van der Waals surface area contributed by atoms with Crippen LogP contribution in [0, 0.1) is 5.92 Å². The maximum atomic E-state index is 12.7. The molecule has 1 atom stereocenters. The highest BCUT2D eigenvalue weighted by molar-refractivity contribution is 7.89. The Labute approximate surface area is 142 Å². The van der Waals surface area contributed by atoms with Gasteiger partial charge in [-0.15, -0.1) is 0 Å². The fourth-order valence-corrected chi connectivity index (χ4v) is 4.31. The number of nitrogens with one attached hydrogen (secondary N) is 1. The molecule has 1 fully saturated rings. The number of nitrogens with zero attached hydrogens (tertiary/aromatic N) is 2. The Bertz CT molecular complexity index is 767. The van der Waals surface area contributed by atoms with Crippen molar-refractivity contribution in [3.05, 3.63) is 48.3 Å². The molecule has 0 radical (unpaired) electrons. The van der Waals surface area contributed by atoms with E-state index in [2.05, 4.69) is 9.82 Å². The van der Waals surface area contributed by atoms with Gasteiger partial charge < -0.3 is 5.11 Å². The number of aryl methyl sites for hydroxylation is 1. The van der Waals surface area contributed by atoms with Gasteiger partial charge in [-0.3, -0.25) is 4.68 Å². The highest BCUT2D eigenvalue weighted by Gasteiger charge is 2.36. The molecule has 7 heteroatoms. The van der Waals surface area contributed by atoms with Crippen molar-refractivity contribution in [1.29, 1.82) is 0 Å². The van der Waals surface area contributed by atoms with E-state index in [4.69, 9.17) is 0 Å². The minimum absolute atomic E-state index is 0.149. The van der Waals surface area contributed by atoms with Crippen LogP contribution in [0.3, 0.4) is 0 Å². The van der Waals surface area contributed by atoms with Crippen LogP contribution in [-0.4, -0.2) is 35.5 Å². The fraction of sp³-hybridized carbons (Fsp3) is 0.471. The molecule has 0 bridgehead atoms. The first-order valence-corrected chi connectivity index (χ1v) is 9.73. The Morgan fingerprint density at radius 2 is 2.04 bits per heavy atom. The van der Waals surface area contributed by atoms with E-state index >= 15 is 0 Å². The second-order valence-electron chi connectivity index (χ2n) is 6.33. The average molecular weight is 349 g/mol. The summed E-state index contributed by atoms with van der Waals surface area (Å²) < 4.78 is 29.7. The zero-order chi connectivity index (χ0) is 17.2. The molecule has 1 heterocycles. The molecule has 6 nitrogen and oxygen atoms in total. The predicted octanol–water partition coefficient (Wildman–Crippen LogP) is 1.56. The predicted molar refractivity (Wildman–Crippen MR) is 90.9 cm³/mol. The van der Waals surface area contributed by atoms with Crippen LogP contribution in [0.15, 0.2) is 47.6 Å². The number of aliphatic hydroxyl groups is 1. The van der Waals surface area contributed by atoms with Crippen molar-refractivity contribution in [2.24, 2.45) is 5.92 Å². The maximum Gasteiger partial charge on any atom is 0.243 e.